The van der Waals surface area contributed by atoms with Crippen LogP contribution in [0.4, 0.5) is 0 Å². The molecule has 35 heavy (non-hydrogen) atoms. The number of carbonyl (C=O) groups excluding carboxylic acids is 2. The lowest BCUT2D eigenvalue weighted by atomic mass is 9.90. The van der Waals surface area contributed by atoms with Crippen LogP contribution < -0.4 is 14.2 Å². The van der Waals surface area contributed by atoms with E-state index in [2.05, 4.69) is 4.98 Å². The Bertz CT molecular complexity index is 1220. The molecule has 4 N–H and O–H groups in total. The lowest BCUT2D eigenvalue weighted by Gasteiger charge is -2.30. The number of benzene rings is 2. The number of rotatable bonds is 10. The normalized spacial score (nSPS) is 14.8. The van der Waals surface area contributed by atoms with Gasteiger partial charge in [0.2, 0.25) is 5.75 Å². The van der Waals surface area contributed by atoms with Gasteiger partial charge in [0.05, 0.1) is 20.1 Å². The van der Waals surface area contributed by atoms with Crippen LogP contribution >= 0.6 is 0 Å². The fourth-order valence-electron chi connectivity index (χ4n) is 4.23. The number of aromatic nitrogens is 1. The number of nitrogens with one attached hydrogen (secondary N) is 1. The van der Waals surface area contributed by atoms with Crippen LogP contribution in [0.2, 0.25) is 0 Å². The number of methoxy groups -OCH3 is 1. The summed E-state index contributed by atoms with van der Waals surface area (Å²) in [5.41, 5.74) is 2.69. The minimum atomic E-state index is -0.645. The van der Waals surface area contributed by atoms with Crippen LogP contribution in [0.25, 0.3) is 0 Å². The number of aromatic amines is 1. The molecule has 1 aromatic heterocycles. The molecule has 0 fully saturated rings. The highest BCUT2D eigenvalue weighted by atomic mass is 16.5. The van der Waals surface area contributed by atoms with Gasteiger partial charge in [-0.3, -0.25) is 4.79 Å². The maximum absolute atomic E-state index is 13.4. The van der Waals surface area contributed by atoms with Gasteiger partial charge in [-0.05, 0) is 28.8 Å². The Labute approximate surface area is 201 Å². The number of ether oxygens (including phenoxy) is 3. The minimum Gasteiger partial charge on any atom is -0.508 e. The van der Waals surface area contributed by atoms with Crippen molar-refractivity contribution in [1.29, 1.82) is 0 Å². The third-order valence-corrected chi connectivity index (χ3v) is 5.96. The van der Waals surface area contributed by atoms with Crippen molar-refractivity contribution in [2.45, 2.75) is 31.8 Å². The molecular weight excluding hydrogens is 454 g/mol. The largest absolute Gasteiger partial charge is 0.508 e. The number of ketones is 1. The van der Waals surface area contributed by atoms with Gasteiger partial charge in [-0.1, -0.05) is 12.1 Å². The summed E-state index contributed by atoms with van der Waals surface area (Å²) in [6.45, 7) is 0.00297. The van der Waals surface area contributed by atoms with E-state index in [1.807, 2.05) is 0 Å². The average Bonchev–Trinajstić information content (AvgIpc) is 3.28. The number of H-pyrrole nitrogens is 1. The van der Waals surface area contributed by atoms with Crippen LogP contribution in [0.5, 0.6) is 28.7 Å². The molecule has 1 aliphatic heterocycles. The van der Waals surface area contributed by atoms with Crippen LogP contribution in [0.15, 0.2) is 36.7 Å². The van der Waals surface area contributed by atoms with E-state index >= 15 is 0 Å². The van der Waals surface area contributed by atoms with Crippen molar-refractivity contribution in [2.24, 2.45) is 0 Å². The van der Waals surface area contributed by atoms with E-state index in [1.165, 1.54) is 19.2 Å². The molecule has 4 rings (SSSR count). The number of aliphatic hydroxyl groups excluding tert-OH is 1. The molecule has 2 heterocycles. The van der Waals surface area contributed by atoms with E-state index in [0.29, 0.717) is 17.5 Å². The van der Waals surface area contributed by atoms with E-state index in [0.717, 1.165) is 17.4 Å². The van der Waals surface area contributed by atoms with Gasteiger partial charge in [0, 0.05) is 43.8 Å². The zero-order valence-corrected chi connectivity index (χ0v) is 19.2. The highest BCUT2D eigenvalue weighted by Gasteiger charge is 2.37. The molecule has 3 aromatic rings. The Morgan fingerprint density at radius 2 is 1.89 bits per heavy atom. The molecular formula is C26H27NO8. The number of phenolic OH excluding ortho intramolecular Hbond substituents is 2. The van der Waals surface area contributed by atoms with E-state index in [9.17, 15) is 19.8 Å². The number of phenols is 2. The Morgan fingerprint density at radius 1 is 1.14 bits per heavy atom. The van der Waals surface area contributed by atoms with Crippen molar-refractivity contribution < 1.29 is 39.1 Å². The molecule has 0 saturated carbocycles. The number of aldehydes is 1. The second-order valence-electron chi connectivity index (χ2n) is 8.20. The smallest absolute Gasteiger partial charge is 0.204 e. The standard InChI is InChI=1S/C26H27NO8/c1-33-26-23(32)19(11-17-14-27-13-16(17)7-9-29)24-22(25(26)34-10-2-8-28)20(31)12-21(35-24)15-3-5-18(30)6-4-15/h3-6,9,13-14,21,27-28,30,32H,2,7-8,10-12H2,1H3. The van der Waals surface area contributed by atoms with Gasteiger partial charge in [0.25, 0.3) is 0 Å². The predicted molar refractivity (Wildman–Crippen MR) is 126 cm³/mol. The monoisotopic (exact) mass is 481 g/mol. The van der Waals surface area contributed by atoms with Crippen LogP contribution in [0.3, 0.4) is 0 Å². The Balaban J connectivity index is 1.86. The first kappa shape index (κ1) is 24.2. The molecule has 0 radical (unpaired) electrons. The second kappa shape index (κ2) is 10.5. The summed E-state index contributed by atoms with van der Waals surface area (Å²) in [4.78, 5) is 27.5. The zero-order valence-electron chi connectivity index (χ0n) is 19.2. The maximum Gasteiger partial charge on any atom is 0.204 e. The van der Waals surface area contributed by atoms with E-state index in [4.69, 9.17) is 19.3 Å². The van der Waals surface area contributed by atoms with Gasteiger partial charge in [-0.25, -0.2) is 0 Å². The fraction of sp³-hybridized carbons (Fsp3) is 0.308. The summed E-state index contributed by atoms with van der Waals surface area (Å²) in [6, 6.07) is 6.38. The van der Waals surface area contributed by atoms with Crippen molar-refractivity contribution in [3.63, 3.8) is 0 Å². The average molecular weight is 482 g/mol. The molecule has 9 heteroatoms. The highest BCUT2D eigenvalue weighted by Crippen LogP contribution is 2.53. The molecule has 1 aliphatic rings. The van der Waals surface area contributed by atoms with Crippen LogP contribution in [0, 0.1) is 0 Å². The summed E-state index contributed by atoms with van der Waals surface area (Å²) in [5.74, 6) is -0.158. The van der Waals surface area contributed by atoms with Crippen LogP contribution in [-0.4, -0.2) is 52.7 Å². The number of carbonyl (C=O) groups is 2. The van der Waals surface area contributed by atoms with Crippen molar-refractivity contribution in [3.8, 4) is 28.7 Å². The summed E-state index contributed by atoms with van der Waals surface area (Å²) in [6.07, 6.45) is 4.29. The molecule has 0 spiro atoms. The quantitative estimate of drug-likeness (QED) is 0.256. The lowest BCUT2D eigenvalue weighted by molar-refractivity contribution is -0.107. The molecule has 9 nitrogen and oxygen atoms in total. The van der Waals surface area contributed by atoms with Crippen molar-refractivity contribution in [1.82, 2.24) is 4.98 Å². The topological polar surface area (TPSA) is 138 Å². The first-order chi connectivity index (χ1) is 17.0. The highest BCUT2D eigenvalue weighted by molar-refractivity contribution is 6.04. The van der Waals surface area contributed by atoms with Gasteiger partial charge in [-0.15, -0.1) is 0 Å². The number of Topliss-reactive ketones (excluding diaryl/α,β-unsaturated/α-hetero) is 1. The molecule has 1 atom stereocenters. The second-order valence-corrected chi connectivity index (χ2v) is 8.20. The molecule has 0 aliphatic carbocycles. The summed E-state index contributed by atoms with van der Waals surface area (Å²) < 4.78 is 17.6. The molecule has 184 valence electrons. The summed E-state index contributed by atoms with van der Waals surface area (Å²) in [5, 5.41) is 30.0. The molecule has 1 unspecified atom stereocenters. The van der Waals surface area contributed by atoms with E-state index in [1.54, 1.807) is 24.5 Å². The molecule has 2 aromatic carbocycles. The molecule has 0 saturated heterocycles. The Kier molecular flexibility index (Phi) is 7.26. The number of aromatic hydroxyl groups is 2. The predicted octanol–water partition coefficient (Wildman–Crippen LogP) is 3.23. The SMILES string of the molecule is COc1c(O)c(Cc2c[nH]cc2CC=O)c2c(c1OCCCO)C(=O)CC(c1ccc(O)cc1)O2. The van der Waals surface area contributed by atoms with Crippen molar-refractivity contribution >= 4 is 12.1 Å². The number of aliphatic hydroxyl groups is 1. The lowest BCUT2D eigenvalue weighted by Crippen LogP contribution is -2.23. The third kappa shape index (κ3) is 4.81. The van der Waals surface area contributed by atoms with Gasteiger partial charge >= 0.3 is 0 Å². The van der Waals surface area contributed by atoms with Crippen molar-refractivity contribution in [3.05, 3.63) is 64.5 Å². The van der Waals surface area contributed by atoms with Gasteiger partial charge in [0.1, 0.15) is 29.5 Å². The zero-order chi connectivity index (χ0) is 24.9. The summed E-state index contributed by atoms with van der Waals surface area (Å²) in [7, 11) is 1.37. The van der Waals surface area contributed by atoms with Crippen molar-refractivity contribution in [2.75, 3.05) is 20.3 Å². The number of fused-ring (bicyclic) bond motifs is 1. The minimum absolute atomic E-state index is 0.00389. The van der Waals surface area contributed by atoms with Gasteiger partial charge in [-0.2, -0.15) is 0 Å². The fourth-order valence-corrected chi connectivity index (χ4v) is 4.23. The van der Waals surface area contributed by atoms with Crippen LogP contribution in [0.1, 0.15) is 51.6 Å². The Hall–Kier alpha value is -3.98. The number of hydrogen-bond donors (Lipinski definition) is 4. The van der Waals surface area contributed by atoms with Gasteiger partial charge in [0.15, 0.2) is 17.3 Å². The summed E-state index contributed by atoms with van der Waals surface area (Å²) >= 11 is 0. The maximum atomic E-state index is 13.4. The molecule has 0 amide bonds. The first-order valence-corrected chi connectivity index (χ1v) is 11.2. The van der Waals surface area contributed by atoms with E-state index in [-0.39, 0.29) is 72.6 Å². The van der Waals surface area contributed by atoms with Gasteiger partial charge < -0.3 is 39.3 Å². The third-order valence-electron chi connectivity index (χ3n) is 5.96. The van der Waals surface area contributed by atoms with Crippen LogP contribution in [-0.2, 0) is 17.6 Å². The molecule has 0 bridgehead atoms. The van der Waals surface area contributed by atoms with E-state index < -0.39 is 6.10 Å². The number of hydrogen-bond acceptors (Lipinski definition) is 8. The first-order valence-electron chi connectivity index (χ1n) is 11.2. The Morgan fingerprint density at radius 3 is 2.57 bits per heavy atom.